The van der Waals surface area contributed by atoms with Crippen molar-refractivity contribution in [2.45, 2.75) is 0 Å². The van der Waals surface area contributed by atoms with Gasteiger partial charge in [0.2, 0.25) is 0 Å². The van der Waals surface area contributed by atoms with E-state index in [9.17, 15) is 14.7 Å². The van der Waals surface area contributed by atoms with E-state index in [0.717, 1.165) is 12.2 Å². The molecule has 72 valence electrons. The lowest BCUT2D eigenvalue weighted by molar-refractivity contribution is -0.268. The second-order valence-electron chi connectivity index (χ2n) is 2.56. The molecular weight excluding hydrogens is 184 g/mol. The van der Waals surface area contributed by atoms with E-state index in [-0.39, 0.29) is 5.75 Å². The Hall–Kier alpha value is -2.10. The van der Waals surface area contributed by atoms with Gasteiger partial charge in [-0.2, -0.15) is 0 Å². The fourth-order valence-corrected chi connectivity index (χ4v) is 0.862. The van der Waals surface area contributed by atoms with E-state index >= 15 is 0 Å². The van der Waals surface area contributed by atoms with Gasteiger partial charge in [-0.05, 0) is 6.08 Å². The number of carboxylic acids is 1. The van der Waals surface area contributed by atoms with Crippen molar-refractivity contribution < 1.29 is 19.8 Å². The van der Waals surface area contributed by atoms with Gasteiger partial charge in [-0.15, -0.1) is 5.75 Å². The molecule has 0 atom stereocenters. The number of ketones is 1. The van der Waals surface area contributed by atoms with Gasteiger partial charge in [0.1, 0.15) is 0 Å². The first-order valence-corrected chi connectivity index (χ1v) is 3.82. The molecular formula is C10H7O4-. The van der Waals surface area contributed by atoms with Gasteiger partial charge in [0.05, 0.1) is 0 Å². The summed E-state index contributed by atoms with van der Waals surface area (Å²) in [7, 11) is 0. The molecule has 0 saturated carbocycles. The molecule has 0 spiro atoms. The smallest absolute Gasteiger partial charge is 0.328 e. The Bertz CT molecular complexity index is 376. The van der Waals surface area contributed by atoms with E-state index < -0.39 is 11.8 Å². The molecule has 14 heavy (non-hydrogen) atoms. The highest BCUT2D eigenvalue weighted by molar-refractivity contribution is 6.06. The van der Waals surface area contributed by atoms with Crippen molar-refractivity contribution in [3.05, 3.63) is 42.0 Å². The summed E-state index contributed by atoms with van der Waals surface area (Å²) in [6.45, 7) is 0. The van der Waals surface area contributed by atoms with E-state index in [1.807, 2.05) is 0 Å². The Morgan fingerprint density at radius 2 is 1.71 bits per heavy atom. The lowest BCUT2D eigenvalue weighted by Crippen LogP contribution is -1.97. The van der Waals surface area contributed by atoms with Crippen molar-refractivity contribution in [1.82, 2.24) is 0 Å². The molecule has 0 aromatic heterocycles. The van der Waals surface area contributed by atoms with E-state index in [1.165, 1.54) is 24.3 Å². The first kappa shape index (κ1) is 9.98. The zero-order valence-electron chi connectivity index (χ0n) is 7.14. The second kappa shape index (κ2) is 4.23. The van der Waals surface area contributed by atoms with Gasteiger partial charge in [-0.3, -0.25) is 4.79 Å². The van der Waals surface area contributed by atoms with Crippen LogP contribution in [0.2, 0.25) is 0 Å². The third-order valence-electron chi connectivity index (χ3n) is 1.52. The first-order chi connectivity index (χ1) is 6.59. The lowest BCUT2D eigenvalue weighted by atomic mass is 10.1. The van der Waals surface area contributed by atoms with Gasteiger partial charge in [0.25, 0.3) is 0 Å². The number of rotatable bonds is 3. The van der Waals surface area contributed by atoms with Crippen LogP contribution in [0.15, 0.2) is 36.4 Å². The number of hydrogen-bond donors (Lipinski definition) is 1. The number of benzene rings is 1. The van der Waals surface area contributed by atoms with Crippen molar-refractivity contribution in [2.75, 3.05) is 0 Å². The van der Waals surface area contributed by atoms with E-state index in [0.29, 0.717) is 5.56 Å². The third-order valence-corrected chi connectivity index (χ3v) is 1.52. The molecule has 4 heteroatoms. The molecule has 1 aromatic rings. The molecule has 0 heterocycles. The SMILES string of the molecule is O=C(O)/C=C\C(=O)c1ccc([O-])cc1. The number of allylic oxidation sites excluding steroid dienone is 1. The Kier molecular flexibility index (Phi) is 3.01. The van der Waals surface area contributed by atoms with Crippen LogP contribution in [0.5, 0.6) is 5.75 Å². The molecule has 0 radical (unpaired) electrons. The maximum atomic E-state index is 11.2. The molecule has 0 amide bonds. The molecule has 1 aromatic carbocycles. The summed E-state index contributed by atoms with van der Waals surface area (Å²) in [5.74, 6) is -1.81. The average Bonchev–Trinajstić information content (AvgIpc) is 2.15. The van der Waals surface area contributed by atoms with Crippen LogP contribution in [-0.4, -0.2) is 16.9 Å². The van der Waals surface area contributed by atoms with Gasteiger partial charge < -0.3 is 10.2 Å². The van der Waals surface area contributed by atoms with Crippen molar-refractivity contribution in [3.63, 3.8) is 0 Å². The van der Waals surface area contributed by atoms with Crippen LogP contribution in [0.3, 0.4) is 0 Å². The van der Waals surface area contributed by atoms with Crippen LogP contribution in [0.1, 0.15) is 10.4 Å². The standard InChI is InChI=1S/C10H8O4/c11-8-3-1-7(2-4-8)9(12)5-6-10(13)14/h1-6,11H,(H,13,14)/p-1/b6-5-. The largest absolute Gasteiger partial charge is 0.872 e. The predicted molar refractivity (Wildman–Crippen MR) is 47.0 cm³/mol. The van der Waals surface area contributed by atoms with Gasteiger partial charge >= 0.3 is 5.97 Å². The fourth-order valence-electron chi connectivity index (χ4n) is 0.862. The summed E-state index contributed by atoms with van der Waals surface area (Å²) in [4.78, 5) is 21.3. The van der Waals surface area contributed by atoms with Crippen LogP contribution in [0.25, 0.3) is 0 Å². The number of carboxylic acid groups (broad SMARTS) is 1. The summed E-state index contributed by atoms with van der Waals surface area (Å²) in [5.41, 5.74) is 0.294. The molecule has 0 aliphatic carbocycles. The average molecular weight is 191 g/mol. The topological polar surface area (TPSA) is 77.4 Å². The van der Waals surface area contributed by atoms with Crippen molar-refractivity contribution >= 4 is 11.8 Å². The maximum Gasteiger partial charge on any atom is 0.328 e. The fraction of sp³-hybridized carbons (Fsp3) is 0. The van der Waals surface area contributed by atoms with E-state index in [2.05, 4.69) is 0 Å². The van der Waals surface area contributed by atoms with Crippen LogP contribution >= 0.6 is 0 Å². The predicted octanol–water partition coefficient (Wildman–Crippen LogP) is 0.584. The van der Waals surface area contributed by atoms with Crippen LogP contribution in [0, 0.1) is 0 Å². The van der Waals surface area contributed by atoms with Crippen LogP contribution in [0.4, 0.5) is 0 Å². The van der Waals surface area contributed by atoms with Crippen LogP contribution < -0.4 is 5.11 Å². The van der Waals surface area contributed by atoms with Gasteiger partial charge in [0.15, 0.2) is 5.78 Å². The van der Waals surface area contributed by atoms with Crippen molar-refractivity contribution in [1.29, 1.82) is 0 Å². The first-order valence-electron chi connectivity index (χ1n) is 3.82. The lowest BCUT2D eigenvalue weighted by Gasteiger charge is -2.03. The Labute approximate surface area is 80.1 Å². The van der Waals surface area contributed by atoms with Crippen LogP contribution in [-0.2, 0) is 4.79 Å². The molecule has 0 bridgehead atoms. The summed E-state index contributed by atoms with van der Waals surface area (Å²) in [6.07, 6.45) is 1.70. The molecule has 4 nitrogen and oxygen atoms in total. The summed E-state index contributed by atoms with van der Waals surface area (Å²) >= 11 is 0. The van der Waals surface area contributed by atoms with Crippen molar-refractivity contribution in [2.24, 2.45) is 0 Å². The van der Waals surface area contributed by atoms with Crippen molar-refractivity contribution in [3.8, 4) is 5.75 Å². The minimum Gasteiger partial charge on any atom is -0.872 e. The number of hydrogen-bond acceptors (Lipinski definition) is 3. The molecule has 1 N–H and O–H groups in total. The highest BCUT2D eigenvalue weighted by atomic mass is 16.4. The molecule has 0 fully saturated rings. The van der Waals surface area contributed by atoms with E-state index in [1.54, 1.807) is 0 Å². The number of carbonyl (C=O) groups excluding carboxylic acids is 1. The second-order valence-corrected chi connectivity index (χ2v) is 2.56. The number of aliphatic carboxylic acids is 1. The number of carbonyl (C=O) groups is 2. The zero-order valence-corrected chi connectivity index (χ0v) is 7.14. The third kappa shape index (κ3) is 2.75. The quantitative estimate of drug-likeness (QED) is 0.560. The van der Waals surface area contributed by atoms with Gasteiger partial charge in [-0.25, -0.2) is 4.79 Å². The molecule has 0 aliphatic heterocycles. The van der Waals surface area contributed by atoms with Gasteiger partial charge in [-0.1, -0.05) is 24.3 Å². The minimum atomic E-state index is -1.18. The molecule has 0 aliphatic rings. The molecule has 0 unspecified atom stereocenters. The highest BCUT2D eigenvalue weighted by Crippen LogP contribution is 2.07. The zero-order chi connectivity index (χ0) is 10.6. The monoisotopic (exact) mass is 191 g/mol. The Balaban J connectivity index is 2.80. The molecule has 0 saturated heterocycles. The Morgan fingerprint density at radius 1 is 1.14 bits per heavy atom. The van der Waals surface area contributed by atoms with E-state index in [4.69, 9.17) is 5.11 Å². The highest BCUT2D eigenvalue weighted by Gasteiger charge is 2.00. The summed E-state index contributed by atoms with van der Waals surface area (Å²) < 4.78 is 0. The minimum absolute atomic E-state index is 0.191. The summed E-state index contributed by atoms with van der Waals surface area (Å²) in [6, 6.07) is 5.22. The molecule has 1 rings (SSSR count). The Morgan fingerprint density at radius 3 is 2.21 bits per heavy atom. The normalized spacial score (nSPS) is 10.3. The summed E-state index contributed by atoms with van der Waals surface area (Å²) in [5, 5.41) is 19.0. The van der Waals surface area contributed by atoms with Gasteiger partial charge in [0, 0.05) is 11.6 Å². The maximum absolute atomic E-state index is 11.2.